The number of aliphatic hydroxyl groups excluding tert-OH is 1. The summed E-state index contributed by atoms with van der Waals surface area (Å²) in [6.45, 7) is 9.24. The van der Waals surface area contributed by atoms with Crippen LogP contribution in [-0.4, -0.2) is 49.3 Å². The summed E-state index contributed by atoms with van der Waals surface area (Å²) in [6.07, 6.45) is 6.45. The SMILES string of the molecule is C=C.CCCOC(=O)C1=CN(C2CC2)c2ccc(CCCOCCO)cc2CC1=O. The van der Waals surface area contributed by atoms with E-state index >= 15 is 0 Å². The molecule has 6 heteroatoms. The highest BCUT2D eigenvalue weighted by molar-refractivity contribution is 6.18. The van der Waals surface area contributed by atoms with Crippen molar-refractivity contribution in [2.45, 2.75) is 51.5 Å². The van der Waals surface area contributed by atoms with Gasteiger partial charge < -0.3 is 19.5 Å². The highest BCUT2D eigenvalue weighted by Crippen LogP contribution is 2.37. The maximum absolute atomic E-state index is 12.8. The molecule has 0 atom stereocenters. The molecular weight excluding hydrogens is 382 g/mol. The van der Waals surface area contributed by atoms with E-state index in [0.29, 0.717) is 25.9 Å². The van der Waals surface area contributed by atoms with Crippen LogP contribution >= 0.6 is 0 Å². The lowest BCUT2D eigenvalue weighted by Crippen LogP contribution is -2.22. The third-order valence-corrected chi connectivity index (χ3v) is 4.93. The van der Waals surface area contributed by atoms with Crippen LogP contribution in [0.1, 0.15) is 43.7 Å². The average molecular weight is 416 g/mol. The van der Waals surface area contributed by atoms with Crippen molar-refractivity contribution in [1.29, 1.82) is 0 Å². The molecule has 1 fully saturated rings. The van der Waals surface area contributed by atoms with Crippen LogP contribution in [0.5, 0.6) is 0 Å². The molecule has 1 N–H and O–H groups in total. The number of carbonyl (C=O) groups is 2. The standard InChI is InChI=1S/C22H29NO5.C2H4/c1-2-10-28-22(26)19-15-23(18-6-7-18)20-8-5-16(4-3-11-27-12-9-24)13-17(20)14-21(19)25;1-2/h5,8,13,15,18,24H,2-4,6-7,9-12,14H2,1H3;1-2H2. The van der Waals surface area contributed by atoms with Crippen molar-refractivity contribution in [3.8, 4) is 0 Å². The molecule has 0 saturated heterocycles. The van der Waals surface area contributed by atoms with E-state index in [2.05, 4.69) is 36.3 Å². The van der Waals surface area contributed by atoms with Gasteiger partial charge in [-0.1, -0.05) is 19.1 Å². The number of esters is 1. The van der Waals surface area contributed by atoms with E-state index in [1.807, 2.05) is 6.92 Å². The summed E-state index contributed by atoms with van der Waals surface area (Å²) in [7, 11) is 0. The molecule has 0 bridgehead atoms. The van der Waals surface area contributed by atoms with Gasteiger partial charge in [0.25, 0.3) is 0 Å². The summed E-state index contributed by atoms with van der Waals surface area (Å²) in [4.78, 5) is 27.2. The molecule has 0 amide bonds. The molecular formula is C24H33NO5. The predicted molar refractivity (Wildman–Crippen MR) is 117 cm³/mol. The second-order valence-corrected chi connectivity index (χ2v) is 7.32. The minimum atomic E-state index is -0.522. The summed E-state index contributed by atoms with van der Waals surface area (Å²) >= 11 is 0. The Morgan fingerprint density at radius 2 is 2.00 bits per heavy atom. The average Bonchev–Trinajstić information content (AvgIpc) is 3.60. The third-order valence-electron chi connectivity index (χ3n) is 4.93. The first kappa shape index (κ1) is 23.8. The summed E-state index contributed by atoms with van der Waals surface area (Å²) in [5, 5.41) is 8.75. The van der Waals surface area contributed by atoms with Gasteiger partial charge in [0.2, 0.25) is 0 Å². The molecule has 3 rings (SSSR count). The van der Waals surface area contributed by atoms with E-state index in [0.717, 1.165) is 48.9 Å². The van der Waals surface area contributed by atoms with Gasteiger partial charge in [0.15, 0.2) is 5.78 Å². The number of aryl methyl sites for hydroxylation is 1. The molecule has 1 aliphatic heterocycles. The first-order valence-corrected chi connectivity index (χ1v) is 10.6. The van der Waals surface area contributed by atoms with Gasteiger partial charge in [-0.05, 0) is 49.3 Å². The van der Waals surface area contributed by atoms with Crippen LogP contribution in [0.2, 0.25) is 0 Å². The largest absolute Gasteiger partial charge is 0.462 e. The van der Waals surface area contributed by atoms with Gasteiger partial charge in [0.05, 0.1) is 19.8 Å². The van der Waals surface area contributed by atoms with Crippen LogP contribution in [0.25, 0.3) is 0 Å². The van der Waals surface area contributed by atoms with Crippen LogP contribution in [0, 0.1) is 0 Å². The van der Waals surface area contributed by atoms with Crippen molar-refractivity contribution < 1.29 is 24.2 Å². The zero-order valence-corrected chi connectivity index (χ0v) is 17.9. The first-order chi connectivity index (χ1) is 14.6. The summed E-state index contributed by atoms with van der Waals surface area (Å²) in [5.41, 5.74) is 3.26. The number of Topliss-reactive ketones (excluding diaryl/α,β-unsaturated/α-hetero) is 1. The minimum Gasteiger partial charge on any atom is -0.462 e. The number of ketones is 1. The molecule has 1 heterocycles. The van der Waals surface area contributed by atoms with E-state index in [1.54, 1.807) is 6.20 Å². The van der Waals surface area contributed by atoms with Crippen molar-refractivity contribution >= 4 is 17.4 Å². The number of hydrogen-bond donors (Lipinski definition) is 1. The molecule has 1 aromatic rings. The number of anilines is 1. The Bertz CT molecular complexity index is 754. The fourth-order valence-electron chi connectivity index (χ4n) is 3.38. The van der Waals surface area contributed by atoms with Crippen molar-refractivity contribution in [2.24, 2.45) is 0 Å². The Morgan fingerprint density at radius 1 is 1.23 bits per heavy atom. The molecule has 2 aliphatic rings. The van der Waals surface area contributed by atoms with E-state index in [4.69, 9.17) is 14.6 Å². The minimum absolute atomic E-state index is 0.0357. The smallest absolute Gasteiger partial charge is 0.343 e. The molecule has 6 nitrogen and oxygen atoms in total. The van der Waals surface area contributed by atoms with E-state index < -0.39 is 5.97 Å². The Balaban J connectivity index is 0.00000155. The van der Waals surface area contributed by atoms with Crippen molar-refractivity contribution in [2.75, 3.05) is 31.3 Å². The summed E-state index contributed by atoms with van der Waals surface area (Å²) < 4.78 is 10.5. The highest BCUT2D eigenvalue weighted by Gasteiger charge is 2.34. The van der Waals surface area contributed by atoms with Gasteiger partial charge in [-0.2, -0.15) is 0 Å². The van der Waals surface area contributed by atoms with Gasteiger partial charge in [-0.25, -0.2) is 4.79 Å². The van der Waals surface area contributed by atoms with Crippen molar-refractivity contribution in [3.63, 3.8) is 0 Å². The number of benzene rings is 1. The van der Waals surface area contributed by atoms with Gasteiger partial charge in [-0.3, -0.25) is 4.79 Å². The number of hydrogen-bond acceptors (Lipinski definition) is 6. The van der Waals surface area contributed by atoms with Crippen molar-refractivity contribution in [1.82, 2.24) is 0 Å². The van der Waals surface area contributed by atoms with Crippen molar-refractivity contribution in [3.05, 3.63) is 54.3 Å². The number of rotatable bonds is 10. The number of fused-ring (bicyclic) bond motifs is 1. The number of ether oxygens (including phenoxy) is 2. The molecule has 0 spiro atoms. The first-order valence-electron chi connectivity index (χ1n) is 10.6. The van der Waals surface area contributed by atoms with Gasteiger partial charge in [0, 0.05) is 31.0 Å². The molecule has 1 aliphatic carbocycles. The lowest BCUT2D eigenvalue weighted by Gasteiger charge is -2.22. The lowest BCUT2D eigenvalue weighted by atomic mass is 9.99. The number of aliphatic hydroxyl groups is 1. The number of carbonyl (C=O) groups excluding carboxylic acids is 2. The zero-order valence-electron chi connectivity index (χ0n) is 17.9. The Morgan fingerprint density at radius 3 is 2.67 bits per heavy atom. The molecule has 1 saturated carbocycles. The van der Waals surface area contributed by atoms with E-state index in [1.165, 1.54) is 0 Å². The highest BCUT2D eigenvalue weighted by atomic mass is 16.5. The molecule has 164 valence electrons. The fourth-order valence-corrected chi connectivity index (χ4v) is 3.38. The molecule has 1 aromatic carbocycles. The lowest BCUT2D eigenvalue weighted by molar-refractivity contribution is -0.140. The van der Waals surface area contributed by atoms with Crippen LogP contribution in [-0.2, 0) is 31.9 Å². The maximum atomic E-state index is 12.8. The van der Waals surface area contributed by atoms with E-state index in [-0.39, 0.29) is 24.4 Å². The normalized spacial score (nSPS) is 15.5. The molecule has 30 heavy (non-hydrogen) atoms. The second-order valence-electron chi connectivity index (χ2n) is 7.32. The quantitative estimate of drug-likeness (QED) is 0.273. The zero-order chi connectivity index (χ0) is 21.9. The summed E-state index contributed by atoms with van der Waals surface area (Å²) in [5.74, 6) is -0.708. The molecule has 0 aromatic heterocycles. The second kappa shape index (κ2) is 12.3. The number of nitrogens with zero attached hydrogens (tertiary/aromatic N) is 1. The molecule has 0 radical (unpaired) electrons. The monoisotopic (exact) mass is 415 g/mol. The predicted octanol–water partition coefficient (Wildman–Crippen LogP) is 3.36. The van der Waals surface area contributed by atoms with Crippen LogP contribution in [0.15, 0.2) is 43.1 Å². The Kier molecular flexibility index (Phi) is 9.77. The fraction of sp³-hybridized carbons (Fsp3) is 0.500. The summed E-state index contributed by atoms with van der Waals surface area (Å²) in [6, 6.07) is 6.56. The third kappa shape index (κ3) is 6.54. The van der Waals surface area contributed by atoms with Gasteiger partial charge in [-0.15, -0.1) is 13.2 Å². The topological polar surface area (TPSA) is 76.1 Å². The van der Waals surface area contributed by atoms with Gasteiger partial charge in [0.1, 0.15) is 5.57 Å². The van der Waals surface area contributed by atoms with Crippen LogP contribution in [0.4, 0.5) is 5.69 Å². The van der Waals surface area contributed by atoms with E-state index in [9.17, 15) is 9.59 Å². The van der Waals surface area contributed by atoms with Gasteiger partial charge >= 0.3 is 5.97 Å². The molecule has 0 unspecified atom stereocenters. The van der Waals surface area contributed by atoms with Crippen LogP contribution in [0.3, 0.4) is 0 Å². The Labute approximate surface area is 179 Å². The maximum Gasteiger partial charge on any atom is 0.343 e. The van der Waals surface area contributed by atoms with Crippen LogP contribution < -0.4 is 4.90 Å². The Hall–Kier alpha value is -2.44.